The van der Waals surface area contributed by atoms with Crippen molar-refractivity contribution in [3.8, 4) is 5.75 Å². The van der Waals surface area contributed by atoms with E-state index in [-0.39, 0.29) is 10.6 Å². The third kappa shape index (κ3) is 3.04. The summed E-state index contributed by atoms with van der Waals surface area (Å²) in [6, 6.07) is 13.0. The van der Waals surface area contributed by atoms with Crippen molar-refractivity contribution in [3.63, 3.8) is 0 Å². The van der Waals surface area contributed by atoms with Crippen LogP contribution < -0.4 is 0 Å². The van der Waals surface area contributed by atoms with Gasteiger partial charge < -0.3 is 5.11 Å². The molecule has 94 valence electrons. The van der Waals surface area contributed by atoms with E-state index in [1.807, 2.05) is 30.3 Å². The van der Waals surface area contributed by atoms with Crippen LogP contribution in [0.4, 0.5) is 0 Å². The number of phenolic OH excluding ortho intramolecular Hbond substituents is 1. The van der Waals surface area contributed by atoms with E-state index in [2.05, 4.69) is 0 Å². The number of rotatable bonds is 3. The fourth-order valence-electron chi connectivity index (χ4n) is 1.40. The Morgan fingerprint density at radius 1 is 1.00 bits per heavy atom. The van der Waals surface area contributed by atoms with Crippen LogP contribution in [0.15, 0.2) is 63.2 Å². The predicted molar refractivity (Wildman–Crippen MR) is 68.5 cm³/mol. The number of benzene rings is 2. The Kier molecular flexibility index (Phi) is 3.60. The molecule has 2 rings (SSSR count). The summed E-state index contributed by atoms with van der Waals surface area (Å²) in [6.45, 7) is 0. The lowest BCUT2D eigenvalue weighted by molar-refractivity contribution is 0.464. The minimum absolute atomic E-state index is 0.208. The minimum Gasteiger partial charge on any atom is -0.508 e. The second kappa shape index (κ2) is 5.01. The molecule has 0 aliphatic carbocycles. The molecule has 18 heavy (non-hydrogen) atoms. The second-order valence-corrected chi connectivity index (χ2v) is 6.03. The number of hydrogen-bond donors (Lipinski definition) is 2. The second-order valence-electron chi connectivity index (χ2n) is 3.52. The van der Waals surface area contributed by atoms with Gasteiger partial charge in [-0.05, 0) is 24.3 Å². The number of aromatic hydroxyl groups is 1. The molecular weight excluding hydrogens is 272 g/mol. The van der Waals surface area contributed by atoms with E-state index in [0.29, 0.717) is 4.90 Å². The van der Waals surface area contributed by atoms with Crippen molar-refractivity contribution in [2.75, 3.05) is 0 Å². The van der Waals surface area contributed by atoms with E-state index in [1.54, 1.807) is 0 Å². The van der Waals surface area contributed by atoms with Crippen LogP contribution in [-0.4, -0.2) is 18.1 Å². The summed E-state index contributed by atoms with van der Waals surface area (Å²) in [5, 5.41) is 9.28. The van der Waals surface area contributed by atoms with Gasteiger partial charge in [0.2, 0.25) is 0 Å². The van der Waals surface area contributed by atoms with Crippen molar-refractivity contribution in [1.29, 1.82) is 0 Å². The number of phenols is 1. The van der Waals surface area contributed by atoms with E-state index in [1.165, 1.54) is 23.9 Å². The summed E-state index contributed by atoms with van der Waals surface area (Å²) in [7, 11) is -4.36. The molecule has 0 bridgehead atoms. The van der Waals surface area contributed by atoms with Crippen molar-refractivity contribution in [1.82, 2.24) is 0 Å². The lowest BCUT2D eigenvalue weighted by Gasteiger charge is -2.07. The first-order valence-electron chi connectivity index (χ1n) is 5.00. The highest BCUT2D eigenvalue weighted by molar-refractivity contribution is 8.00. The van der Waals surface area contributed by atoms with E-state index in [4.69, 9.17) is 4.55 Å². The van der Waals surface area contributed by atoms with Crippen LogP contribution in [0.25, 0.3) is 0 Å². The monoisotopic (exact) mass is 282 g/mol. The normalized spacial score (nSPS) is 11.4. The summed E-state index contributed by atoms with van der Waals surface area (Å²) in [6.07, 6.45) is 0. The minimum atomic E-state index is -4.36. The average molecular weight is 282 g/mol. The molecule has 2 aromatic rings. The van der Waals surface area contributed by atoms with E-state index in [9.17, 15) is 13.5 Å². The van der Waals surface area contributed by atoms with Crippen LogP contribution in [0.5, 0.6) is 5.75 Å². The maximum atomic E-state index is 11.2. The molecule has 0 fully saturated rings. The van der Waals surface area contributed by atoms with Gasteiger partial charge in [0.1, 0.15) is 10.6 Å². The van der Waals surface area contributed by atoms with Crippen LogP contribution in [0.2, 0.25) is 0 Å². The van der Waals surface area contributed by atoms with E-state index >= 15 is 0 Å². The van der Waals surface area contributed by atoms with E-state index < -0.39 is 10.1 Å². The molecule has 0 saturated heterocycles. The summed E-state index contributed by atoms with van der Waals surface area (Å²) in [4.78, 5) is 0.908. The molecular formula is C12H10O4S2. The summed E-state index contributed by atoms with van der Waals surface area (Å²) in [5.74, 6) is -0.208. The van der Waals surface area contributed by atoms with Gasteiger partial charge in [0.25, 0.3) is 10.1 Å². The highest BCUT2D eigenvalue weighted by atomic mass is 32.2. The van der Waals surface area contributed by atoms with Gasteiger partial charge in [0, 0.05) is 15.9 Å². The third-order valence-electron chi connectivity index (χ3n) is 2.18. The zero-order valence-corrected chi connectivity index (χ0v) is 10.8. The third-order valence-corrected chi connectivity index (χ3v) is 4.28. The van der Waals surface area contributed by atoms with Crippen molar-refractivity contribution in [3.05, 3.63) is 48.5 Å². The van der Waals surface area contributed by atoms with Crippen molar-refractivity contribution < 1.29 is 18.1 Å². The maximum Gasteiger partial charge on any atom is 0.295 e. The Morgan fingerprint density at radius 3 is 2.28 bits per heavy atom. The molecule has 0 saturated carbocycles. The molecule has 0 aromatic heterocycles. The van der Waals surface area contributed by atoms with Crippen LogP contribution in [-0.2, 0) is 10.1 Å². The first-order chi connectivity index (χ1) is 8.47. The van der Waals surface area contributed by atoms with Crippen LogP contribution in [0, 0.1) is 0 Å². The first kappa shape index (κ1) is 12.9. The maximum absolute atomic E-state index is 11.2. The molecule has 6 heteroatoms. The van der Waals surface area contributed by atoms with Gasteiger partial charge in [-0.2, -0.15) is 8.42 Å². The quantitative estimate of drug-likeness (QED) is 0.847. The fourth-order valence-corrected chi connectivity index (χ4v) is 3.27. The van der Waals surface area contributed by atoms with Gasteiger partial charge in [0.15, 0.2) is 0 Å². The van der Waals surface area contributed by atoms with E-state index in [0.717, 1.165) is 11.0 Å². The number of hydrogen-bond acceptors (Lipinski definition) is 4. The van der Waals surface area contributed by atoms with Crippen LogP contribution >= 0.6 is 11.8 Å². The smallest absolute Gasteiger partial charge is 0.295 e. The molecule has 2 N–H and O–H groups in total. The molecule has 0 aliphatic rings. The molecule has 0 radical (unpaired) electrons. The molecule has 0 heterocycles. The summed E-state index contributed by atoms with van der Waals surface area (Å²) in [5.41, 5.74) is 0. The standard InChI is InChI=1S/C12H10O4S2/c13-9-6-7-11(12(8-9)18(14,15)16)17-10-4-2-1-3-5-10/h1-8,13H,(H,14,15,16). The Bertz CT molecular complexity index is 651. The topological polar surface area (TPSA) is 74.6 Å². The predicted octanol–water partition coefficient (Wildman–Crippen LogP) is 2.79. The molecule has 0 amide bonds. The highest BCUT2D eigenvalue weighted by Gasteiger charge is 2.17. The van der Waals surface area contributed by atoms with Gasteiger partial charge in [-0.15, -0.1) is 0 Å². The fraction of sp³-hybridized carbons (Fsp3) is 0. The Morgan fingerprint density at radius 2 is 1.67 bits per heavy atom. The lowest BCUT2D eigenvalue weighted by Crippen LogP contribution is -1.99. The van der Waals surface area contributed by atoms with Crippen molar-refractivity contribution in [2.45, 2.75) is 14.7 Å². The Hall–Kier alpha value is -1.50. The van der Waals surface area contributed by atoms with Gasteiger partial charge in [-0.25, -0.2) is 0 Å². The van der Waals surface area contributed by atoms with Gasteiger partial charge in [-0.1, -0.05) is 30.0 Å². The SMILES string of the molecule is O=S(=O)(O)c1cc(O)ccc1Sc1ccccc1. The largest absolute Gasteiger partial charge is 0.508 e. The highest BCUT2D eigenvalue weighted by Crippen LogP contribution is 2.34. The lowest BCUT2D eigenvalue weighted by atomic mass is 10.3. The molecule has 2 aromatic carbocycles. The summed E-state index contributed by atoms with van der Waals surface area (Å²) >= 11 is 1.20. The zero-order valence-electron chi connectivity index (χ0n) is 9.15. The van der Waals surface area contributed by atoms with Crippen LogP contribution in [0.1, 0.15) is 0 Å². The van der Waals surface area contributed by atoms with Gasteiger partial charge in [-0.3, -0.25) is 4.55 Å². The Balaban J connectivity index is 2.46. The van der Waals surface area contributed by atoms with Crippen molar-refractivity contribution in [2.24, 2.45) is 0 Å². The molecule has 0 spiro atoms. The molecule has 0 atom stereocenters. The van der Waals surface area contributed by atoms with Gasteiger partial charge in [0.05, 0.1) is 0 Å². The molecule has 4 nitrogen and oxygen atoms in total. The first-order valence-corrected chi connectivity index (χ1v) is 7.26. The Labute approximate surface area is 109 Å². The molecule has 0 unspecified atom stereocenters. The van der Waals surface area contributed by atoms with Gasteiger partial charge >= 0.3 is 0 Å². The average Bonchev–Trinajstić information content (AvgIpc) is 2.31. The van der Waals surface area contributed by atoms with Crippen molar-refractivity contribution >= 4 is 21.9 Å². The molecule has 0 aliphatic heterocycles. The summed E-state index contributed by atoms with van der Waals surface area (Å²) < 4.78 is 31.6. The zero-order chi connectivity index (χ0) is 13.2. The van der Waals surface area contributed by atoms with Crippen LogP contribution in [0.3, 0.4) is 0 Å².